The lowest BCUT2D eigenvalue weighted by atomic mass is 9.53. The molecule has 13 atom stereocenters. The fourth-order valence-electron chi connectivity index (χ4n) is 10.7. The molecule has 7 rings (SSSR count). The molecule has 4 N–H and O–H groups in total. The van der Waals surface area contributed by atoms with Crippen LogP contribution in [0.5, 0.6) is 0 Å². The third kappa shape index (κ3) is 4.23. The van der Waals surface area contributed by atoms with Gasteiger partial charge in [0.1, 0.15) is 24.4 Å². The molecular formula is C35H52O8. The van der Waals surface area contributed by atoms with Gasteiger partial charge in [0.25, 0.3) is 0 Å². The molecule has 4 fully saturated rings. The topological polar surface area (TPSA) is 118 Å². The molecule has 0 radical (unpaired) electrons. The number of rotatable bonds is 3. The van der Waals surface area contributed by atoms with E-state index >= 15 is 0 Å². The molecule has 43 heavy (non-hydrogen) atoms. The zero-order valence-electron chi connectivity index (χ0n) is 26.9. The van der Waals surface area contributed by atoms with Crippen molar-refractivity contribution in [2.45, 2.75) is 141 Å². The second kappa shape index (κ2) is 9.71. The molecule has 7 aliphatic rings. The van der Waals surface area contributed by atoms with Gasteiger partial charge in [0.05, 0.1) is 24.4 Å². The Balaban J connectivity index is 1.19. The van der Waals surface area contributed by atoms with E-state index in [-0.39, 0.29) is 53.0 Å². The highest BCUT2D eigenvalue weighted by Gasteiger charge is 2.75. The van der Waals surface area contributed by atoms with Gasteiger partial charge in [0.2, 0.25) is 0 Å². The first-order valence-corrected chi connectivity index (χ1v) is 16.5. The minimum Gasteiger partial charge on any atom is -0.388 e. The van der Waals surface area contributed by atoms with Crippen molar-refractivity contribution in [3.63, 3.8) is 0 Å². The van der Waals surface area contributed by atoms with Gasteiger partial charge in [-0.2, -0.15) is 0 Å². The Bertz CT molecular complexity index is 1250. The Morgan fingerprint density at radius 2 is 1.72 bits per heavy atom. The summed E-state index contributed by atoms with van der Waals surface area (Å²) in [6.45, 7) is 15.4. The highest BCUT2D eigenvalue weighted by Crippen LogP contribution is 2.74. The zero-order valence-corrected chi connectivity index (χ0v) is 26.9. The smallest absolute Gasteiger partial charge is 0.186 e. The van der Waals surface area contributed by atoms with E-state index in [0.29, 0.717) is 12.3 Å². The van der Waals surface area contributed by atoms with E-state index in [9.17, 15) is 20.4 Å². The Labute approximate surface area is 256 Å². The lowest BCUT2D eigenvalue weighted by Gasteiger charge is -2.51. The van der Waals surface area contributed by atoms with Crippen LogP contribution < -0.4 is 0 Å². The lowest BCUT2D eigenvalue weighted by Crippen LogP contribution is -2.56. The maximum atomic E-state index is 11.0. The summed E-state index contributed by atoms with van der Waals surface area (Å²) in [6.07, 6.45) is 7.18. The molecule has 13 unspecified atom stereocenters. The molecule has 3 heterocycles. The number of hydrogen-bond donors (Lipinski definition) is 4. The van der Waals surface area contributed by atoms with Crippen LogP contribution in [-0.2, 0) is 18.9 Å². The Kier molecular flexibility index (Phi) is 6.90. The van der Waals surface area contributed by atoms with Crippen LogP contribution in [0.1, 0.15) is 87.0 Å². The summed E-state index contributed by atoms with van der Waals surface area (Å²) in [5.74, 6) is 0.233. The van der Waals surface area contributed by atoms with Gasteiger partial charge >= 0.3 is 0 Å². The summed E-state index contributed by atoms with van der Waals surface area (Å²) in [7, 11) is 0. The number of ether oxygens (including phenoxy) is 4. The van der Waals surface area contributed by atoms with Crippen LogP contribution in [0.3, 0.4) is 0 Å². The third-order valence-electron chi connectivity index (χ3n) is 13.1. The van der Waals surface area contributed by atoms with E-state index in [1.807, 2.05) is 13.8 Å². The molecule has 0 amide bonds. The van der Waals surface area contributed by atoms with Gasteiger partial charge in [-0.05, 0) is 79.8 Å². The molecule has 240 valence electrons. The van der Waals surface area contributed by atoms with E-state index in [2.05, 4.69) is 52.8 Å². The summed E-state index contributed by atoms with van der Waals surface area (Å²) < 4.78 is 25.7. The van der Waals surface area contributed by atoms with Crippen LogP contribution in [0.4, 0.5) is 0 Å². The predicted octanol–water partition coefficient (Wildman–Crippen LogP) is 4.16. The number of aliphatic hydroxyl groups is 4. The fourth-order valence-corrected chi connectivity index (χ4v) is 10.7. The quantitative estimate of drug-likeness (QED) is 0.357. The van der Waals surface area contributed by atoms with Crippen LogP contribution in [0.2, 0.25) is 0 Å². The van der Waals surface area contributed by atoms with E-state index in [0.717, 1.165) is 32.1 Å². The Hall–Kier alpha value is -1.10. The van der Waals surface area contributed by atoms with Gasteiger partial charge in [-0.3, -0.25) is 0 Å². The molecule has 2 bridgehead atoms. The number of aliphatic hydroxyl groups excluding tert-OH is 3. The van der Waals surface area contributed by atoms with Crippen LogP contribution in [0.25, 0.3) is 0 Å². The highest BCUT2D eigenvalue weighted by atomic mass is 16.8. The zero-order chi connectivity index (χ0) is 30.9. The van der Waals surface area contributed by atoms with Gasteiger partial charge < -0.3 is 39.4 Å². The summed E-state index contributed by atoms with van der Waals surface area (Å²) >= 11 is 0. The van der Waals surface area contributed by atoms with Gasteiger partial charge in [-0.25, -0.2) is 0 Å². The van der Waals surface area contributed by atoms with Crippen molar-refractivity contribution in [3.8, 4) is 0 Å². The molecule has 0 aromatic heterocycles. The molecule has 1 saturated carbocycles. The molecular weight excluding hydrogens is 548 g/mol. The van der Waals surface area contributed by atoms with Crippen LogP contribution >= 0.6 is 0 Å². The minimum atomic E-state index is -1.30. The van der Waals surface area contributed by atoms with E-state index < -0.39 is 36.0 Å². The van der Waals surface area contributed by atoms with Crippen molar-refractivity contribution in [2.24, 2.45) is 34.0 Å². The highest BCUT2D eigenvalue weighted by molar-refractivity contribution is 5.49. The maximum Gasteiger partial charge on any atom is 0.186 e. The Morgan fingerprint density at radius 1 is 0.977 bits per heavy atom. The van der Waals surface area contributed by atoms with E-state index in [1.54, 1.807) is 0 Å². The molecule has 3 saturated heterocycles. The standard InChI is InChI=1S/C35H52O8/c1-18-14-24-29(32(4,5)39)43-35(42-24)17-34(7)22-10-9-21-19(15-20(22)12-13-33(34,6)28(18)35)8-11-25(31(21,2)3)41-30-27(38)26(37)23(36)16-40-30/h8,10,12,18,21,23-30,36-39H,9,11,13-17H2,1-7H3. The molecule has 0 aromatic carbocycles. The number of fused-ring (bicyclic) bond motifs is 6. The van der Waals surface area contributed by atoms with Crippen LogP contribution in [-0.4, -0.2) is 81.3 Å². The monoisotopic (exact) mass is 600 g/mol. The molecule has 8 heteroatoms. The first kappa shape index (κ1) is 30.5. The minimum absolute atomic E-state index is 0.0356. The number of hydrogen-bond acceptors (Lipinski definition) is 8. The largest absolute Gasteiger partial charge is 0.388 e. The second-order valence-electron chi connectivity index (χ2n) is 16.5. The van der Waals surface area contributed by atoms with Crippen molar-refractivity contribution in [1.82, 2.24) is 0 Å². The summed E-state index contributed by atoms with van der Waals surface area (Å²) in [6, 6.07) is 0. The molecule has 1 spiro atoms. The van der Waals surface area contributed by atoms with Crippen molar-refractivity contribution >= 4 is 0 Å². The van der Waals surface area contributed by atoms with Gasteiger partial charge in [0, 0.05) is 17.8 Å². The van der Waals surface area contributed by atoms with Gasteiger partial charge in [-0.15, -0.1) is 0 Å². The first-order chi connectivity index (χ1) is 20.0. The summed E-state index contributed by atoms with van der Waals surface area (Å²) in [4.78, 5) is 0. The fraction of sp³-hybridized carbons (Fsp3) is 0.829. The Morgan fingerprint density at radius 3 is 2.44 bits per heavy atom. The molecule has 8 nitrogen and oxygen atoms in total. The maximum absolute atomic E-state index is 11.0. The van der Waals surface area contributed by atoms with Crippen molar-refractivity contribution < 1.29 is 39.4 Å². The first-order valence-electron chi connectivity index (χ1n) is 16.5. The van der Waals surface area contributed by atoms with Gasteiger partial charge in [0.15, 0.2) is 12.1 Å². The lowest BCUT2D eigenvalue weighted by molar-refractivity contribution is -0.293. The average molecular weight is 601 g/mol. The van der Waals surface area contributed by atoms with Crippen molar-refractivity contribution in [1.29, 1.82) is 0 Å². The third-order valence-corrected chi connectivity index (χ3v) is 13.1. The number of allylic oxidation sites excluding steroid dienone is 5. The summed E-state index contributed by atoms with van der Waals surface area (Å²) in [5.41, 5.74) is 2.91. The van der Waals surface area contributed by atoms with Crippen LogP contribution in [0, 0.1) is 34.0 Å². The van der Waals surface area contributed by atoms with Crippen molar-refractivity contribution in [3.05, 3.63) is 34.9 Å². The molecule has 4 aliphatic carbocycles. The normalized spacial score (nSPS) is 52.1. The molecule has 3 aliphatic heterocycles. The van der Waals surface area contributed by atoms with Crippen LogP contribution in [0.15, 0.2) is 34.9 Å². The van der Waals surface area contributed by atoms with E-state index in [4.69, 9.17) is 18.9 Å². The van der Waals surface area contributed by atoms with Gasteiger partial charge in [-0.1, -0.05) is 58.4 Å². The summed E-state index contributed by atoms with van der Waals surface area (Å²) in [5, 5.41) is 41.7. The van der Waals surface area contributed by atoms with E-state index in [1.165, 1.54) is 16.7 Å². The second-order valence-corrected chi connectivity index (χ2v) is 16.5. The average Bonchev–Trinajstić information content (AvgIpc) is 3.21. The SMILES string of the molecule is CC1CC2OC3(CC4(C)C5=CCC6C(=CCC(OC7OCC(O)C(O)C7O)C6(C)C)CC5=CCC4(C)C13)OC2C(C)(C)O. The molecule has 0 aromatic rings. The van der Waals surface area contributed by atoms with Crippen molar-refractivity contribution in [2.75, 3.05) is 6.61 Å². The predicted molar refractivity (Wildman–Crippen MR) is 159 cm³/mol.